The fourth-order valence-electron chi connectivity index (χ4n) is 1.42. The molecule has 1 atom stereocenters. The van der Waals surface area contributed by atoms with Crippen molar-refractivity contribution in [1.29, 1.82) is 0 Å². The normalized spacial score (nSPS) is 13.0. The number of nitrogens with one attached hydrogen (secondary N) is 1. The zero-order valence-corrected chi connectivity index (χ0v) is 9.86. The molecule has 15 heavy (non-hydrogen) atoms. The van der Waals surface area contributed by atoms with Crippen LogP contribution in [0.5, 0.6) is 0 Å². The highest BCUT2D eigenvalue weighted by atomic mass is 16.5. The van der Waals surface area contributed by atoms with Crippen LogP contribution in [-0.2, 0) is 4.74 Å². The Morgan fingerprint density at radius 1 is 1.60 bits per heavy atom. The molecule has 0 spiro atoms. The maximum absolute atomic E-state index is 4.98. The minimum atomic E-state index is 0.404. The number of ether oxygens (including phenoxy) is 1. The Hall–Kier alpha value is -0.870. The maximum Gasteiger partial charge on any atom is 0.0615 e. The molecule has 1 unspecified atom stereocenters. The molecule has 0 aliphatic carbocycles. The molecule has 4 heteroatoms. The summed E-state index contributed by atoms with van der Waals surface area (Å²) < 4.78 is 6.98. The SMILES string of the molecule is COCCCNCC(C)n1ccc(C)n1. The molecule has 0 bridgehead atoms. The number of hydrogen-bond donors (Lipinski definition) is 1. The average Bonchev–Trinajstić information content (AvgIpc) is 2.64. The van der Waals surface area contributed by atoms with Crippen molar-refractivity contribution in [2.45, 2.75) is 26.3 Å². The van der Waals surface area contributed by atoms with Gasteiger partial charge in [0.25, 0.3) is 0 Å². The molecule has 1 N–H and O–H groups in total. The number of rotatable bonds is 7. The first-order chi connectivity index (χ1) is 7.24. The van der Waals surface area contributed by atoms with E-state index in [4.69, 9.17) is 4.74 Å². The van der Waals surface area contributed by atoms with Gasteiger partial charge >= 0.3 is 0 Å². The van der Waals surface area contributed by atoms with E-state index in [1.807, 2.05) is 23.9 Å². The summed E-state index contributed by atoms with van der Waals surface area (Å²) in [7, 11) is 1.73. The van der Waals surface area contributed by atoms with Crippen LogP contribution in [0.1, 0.15) is 25.1 Å². The molecule has 1 rings (SSSR count). The molecular formula is C11H21N3O. The van der Waals surface area contributed by atoms with Gasteiger partial charge in [-0.25, -0.2) is 0 Å². The van der Waals surface area contributed by atoms with Gasteiger partial charge in [-0.05, 0) is 32.9 Å². The Bertz CT molecular complexity index is 273. The van der Waals surface area contributed by atoms with Crippen molar-refractivity contribution >= 4 is 0 Å². The second kappa shape index (κ2) is 6.58. The smallest absolute Gasteiger partial charge is 0.0615 e. The van der Waals surface area contributed by atoms with E-state index in [9.17, 15) is 0 Å². The van der Waals surface area contributed by atoms with Crippen LogP contribution in [0.4, 0.5) is 0 Å². The van der Waals surface area contributed by atoms with E-state index < -0.39 is 0 Å². The summed E-state index contributed by atoms with van der Waals surface area (Å²) in [4.78, 5) is 0. The summed E-state index contributed by atoms with van der Waals surface area (Å²) in [6.07, 6.45) is 3.08. The Morgan fingerprint density at radius 3 is 3.00 bits per heavy atom. The van der Waals surface area contributed by atoms with Crippen molar-refractivity contribution in [3.05, 3.63) is 18.0 Å². The van der Waals surface area contributed by atoms with Crippen LogP contribution in [0.15, 0.2) is 12.3 Å². The third-order valence-electron chi connectivity index (χ3n) is 2.34. The molecule has 1 aromatic heterocycles. The Kier molecular flexibility index (Phi) is 5.36. The Morgan fingerprint density at radius 2 is 2.40 bits per heavy atom. The molecular weight excluding hydrogens is 190 g/mol. The monoisotopic (exact) mass is 211 g/mol. The zero-order valence-electron chi connectivity index (χ0n) is 9.86. The van der Waals surface area contributed by atoms with E-state index in [2.05, 4.69) is 17.3 Å². The van der Waals surface area contributed by atoms with E-state index in [1.54, 1.807) is 7.11 Å². The van der Waals surface area contributed by atoms with Gasteiger partial charge in [-0.2, -0.15) is 5.10 Å². The van der Waals surface area contributed by atoms with E-state index in [-0.39, 0.29) is 0 Å². The molecule has 86 valence electrons. The average molecular weight is 211 g/mol. The highest BCUT2D eigenvalue weighted by Gasteiger charge is 2.04. The third-order valence-corrected chi connectivity index (χ3v) is 2.34. The predicted octanol–water partition coefficient (Wildman–Crippen LogP) is 1.38. The lowest BCUT2D eigenvalue weighted by Crippen LogP contribution is -2.25. The first kappa shape index (κ1) is 12.2. The van der Waals surface area contributed by atoms with Crippen LogP contribution in [0.3, 0.4) is 0 Å². The van der Waals surface area contributed by atoms with Crippen molar-refractivity contribution in [1.82, 2.24) is 15.1 Å². The topological polar surface area (TPSA) is 39.1 Å². The largest absolute Gasteiger partial charge is 0.385 e. The van der Waals surface area contributed by atoms with Gasteiger partial charge in [0, 0.05) is 26.5 Å². The number of aryl methyl sites for hydroxylation is 1. The molecule has 0 saturated carbocycles. The van der Waals surface area contributed by atoms with Gasteiger partial charge in [-0.3, -0.25) is 4.68 Å². The van der Waals surface area contributed by atoms with Crippen molar-refractivity contribution in [2.75, 3.05) is 26.8 Å². The number of aromatic nitrogens is 2. The summed E-state index contributed by atoms with van der Waals surface area (Å²) >= 11 is 0. The maximum atomic E-state index is 4.98. The highest BCUT2D eigenvalue weighted by molar-refractivity contribution is 4.95. The van der Waals surface area contributed by atoms with Crippen molar-refractivity contribution in [3.8, 4) is 0 Å². The van der Waals surface area contributed by atoms with Crippen LogP contribution in [0.25, 0.3) is 0 Å². The molecule has 0 radical (unpaired) electrons. The summed E-state index contributed by atoms with van der Waals surface area (Å²) in [5.74, 6) is 0. The quantitative estimate of drug-likeness (QED) is 0.692. The fraction of sp³-hybridized carbons (Fsp3) is 0.727. The molecule has 0 aliphatic rings. The van der Waals surface area contributed by atoms with Crippen LogP contribution in [-0.4, -0.2) is 36.6 Å². The Balaban J connectivity index is 2.16. The van der Waals surface area contributed by atoms with E-state index in [0.29, 0.717) is 6.04 Å². The fourth-order valence-corrected chi connectivity index (χ4v) is 1.42. The van der Waals surface area contributed by atoms with Crippen molar-refractivity contribution in [2.24, 2.45) is 0 Å². The van der Waals surface area contributed by atoms with Crippen molar-refractivity contribution < 1.29 is 4.74 Å². The number of nitrogens with zero attached hydrogens (tertiary/aromatic N) is 2. The molecule has 4 nitrogen and oxygen atoms in total. The van der Waals surface area contributed by atoms with E-state index >= 15 is 0 Å². The highest BCUT2D eigenvalue weighted by Crippen LogP contribution is 2.03. The summed E-state index contributed by atoms with van der Waals surface area (Å²) in [5.41, 5.74) is 1.07. The minimum Gasteiger partial charge on any atom is -0.385 e. The minimum absolute atomic E-state index is 0.404. The molecule has 0 saturated heterocycles. The molecule has 1 aromatic rings. The first-order valence-corrected chi connectivity index (χ1v) is 5.45. The molecule has 0 amide bonds. The second-order valence-electron chi connectivity index (χ2n) is 3.84. The summed E-state index contributed by atoms with van der Waals surface area (Å²) in [6, 6.07) is 2.43. The second-order valence-corrected chi connectivity index (χ2v) is 3.84. The van der Waals surface area contributed by atoms with Crippen LogP contribution >= 0.6 is 0 Å². The van der Waals surface area contributed by atoms with Crippen molar-refractivity contribution in [3.63, 3.8) is 0 Å². The van der Waals surface area contributed by atoms with Gasteiger partial charge in [0.1, 0.15) is 0 Å². The van der Waals surface area contributed by atoms with Gasteiger partial charge in [-0.15, -0.1) is 0 Å². The lowest BCUT2D eigenvalue weighted by Gasteiger charge is -2.13. The van der Waals surface area contributed by atoms with E-state index in [0.717, 1.165) is 31.8 Å². The number of methoxy groups -OCH3 is 1. The van der Waals surface area contributed by atoms with Gasteiger partial charge in [-0.1, -0.05) is 0 Å². The first-order valence-electron chi connectivity index (χ1n) is 5.45. The lowest BCUT2D eigenvalue weighted by atomic mass is 10.3. The standard InChI is InChI=1S/C11H21N3O/c1-10-5-7-14(13-10)11(2)9-12-6-4-8-15-3/h5,7,11-12H,4,6,8-9H2,1-3H3. The van der Waals surface area contributed by atoms with Gasteiger partial charge in [0.15, 0.2) is 0 Å². The number of hydrogen-bond acceptors (Lipinski definition) is 3. The molecule has 0 aliphatic heterocycles. The van der Waals surface area contributed by atoms with Gasteiger partial charge in [0.05, 0.1) is 11.7 Å². The van der Waals surface area contributed by atoms with Crippen LogP contribution in [0.2, 0.25) is 0 Å². The molecule has 0 aromatic carbocycles. The van der Waals surface area contributed by atoms with E-state index in [1.165, 1.54) is 0 Å². The third kappa shape index (κ3) is 4.44. The zero-order chi connectivity index (χ0) is 11.1. The van der Waals surface area contributed by atoms with Gasteiger partial charge < -0.3 is 10.1 Å². The Labute approximate surface area is 91.6 Å². The molecule has 1 heterocycles. The van der Waals surface area contributed by atoms with Crippen LogP contribution in [0, 0.1) is 6.92 Å². The lowest BCUT2D eigenvalue weighted by molar-refractivity contribution is 0.194. The van der Waals surface area contributed by atoms with Gasteiger partial charge in [0.2, 0.25) is 0 Å². The molecule has 0 fully saturated rings. The predicted molar refractivity (Wildman–Crippen MR) is 61.0 cm³/mol. The summed E-state index contributed by atoms with van der Waals surface area (Å²) in [6.45, 7) is 6.94. The summed E-state index contributed by atoms with van der Waals surface area (Å²) in [5, 5.41) is 7.76. The van der Waals surface area contributed by atoms with Crippen LogP contribution < -0.4 is 5.32 Å².